The van der Waals surface area contributed by atoms with Crippen LogP contribution in [0.15, 0.2) is 41.1 Å². The van der Waals surface area contributed by atoms with Crippen molar-refractivity contribution in [3.8, 4) is 11.4 Å². The van der Waals surface area contributed by atoms with E-state index in [4.69, 9.17) is 4.52 Å². The molecule has 1 aliphatic rings. The van der Waals surface area contributed by atoms with Gasteiger partial charge in [-0.1, -0.05) is 35.5 Å². The van der Waals surface area contributed by atoms with E-state index in [-0.39, 0.29) is 5.91 Å². The summed E-state index contributed by atoms with van der Waals surface area (Å²) in [5.74, 6) is 2.02. The molecule has 1 amide bonds. The summed E-state index contributed by atoms with van der Waals surface area (Å²) < 4.78 is 7.43. The average molecular weight is 364 g/mol. The van der Waals surface area contributed by atoms with Gasteiger partial charge in [-0.2, -0.15) is 0 Å². The lowest BCUT2D eigenvalue weighted by Gasteiger charge is -2.18. The maximum Gasteiger partial charge on any atom is 0.259 e. The Bertz CT molecular complexity index is 938. The molecular weight excluding hydrogens is 340 g/mol. The second-order valence-electron chi connectivity index (χ2n) is 7.30. The number of aryl methyl sites for hydroxylation is 3. The lowest BCUT2D eigenvalue weighted by molar-refractivity contribution is 0.0783. The number of amides is 1. The number of nitrogens with zero attached hydrogens (tertiary/aromatic N) is 4. The molecule has 140 valence electrons. The molecule has 1 unspecified atom stereocenters. The van der Waals surface area contributed by atoms with E-state index in [1.54, 1.807) is 6.92 Å². The Kier molecular flexibility index (Phi) is 4.56. The minimum absolute atomic E-state index is 0.0272. The molecule has 3 aromatic rings. The summed E-state index contributed by atoms with van der Waals surface area (Å²) in [6.07, 6.45) is 2.91. The van der Waals surface area contributed by atoms with Gasteiger partial charge in [0.05, 0.1) is 5.69 Å². The van der Waals surface area contributed by atoms with Gasteiger partial charge in [-0.25, -0.2) is 4.98 Å². The van der Waals surface area contributed by atoms with Crippen molar-refractivity contribution < 1.29 is 9.32 Å². The number of benzene rings is 1. The van der Waals surface area contributed by atoms with Crippen LogP contribution < -0.4 is 0 Å². The van der Waals surface area contributed by atoms with Crippen LogP contribution in [-0.4, -0.2) is 38.6 Å². The van der Waals surface area contributed by atoms with Gasteiger partial charge in [0.2, 0.25) is 0 Å². The Balaban J connectivity index is 1.50. The maximum absolute atomic E-state index is 12.9. The van der Waals surface area contributed by atoms with Gasteiger partial charge < -0.3 is 14.0 Å². The Morgan fingerprint density at radius 1 is 1.22 bits per heavy atom. The van der Waals surface area contributed by atoms with Crippen LogP contribution in [0.1, 0.15) is 33.9 Å². The van der Waals surface area contributed by atoms with Crippen molar-refractivity contribution >= 4 is 5.91 Å². The molecule has 1 atom stereocenters. The molecule has 4 rings (SSSR count). The fourth-order valence-corrected chi connectivity index (χ4v) is 3.88. The Labute approximate surface area is 158 Å². The molecular formula is C21H24N4O2. The zero-order chi connectivity index (χ0) is 19.0. The van der Waals surface area contributed by atoms with Gasteiger partial charge in [-0.15, -0.1) is 0 Å². The fraction of sp³-hybridized carbons (Fsp3) is 0.381. The molecule has 0 aliphatic carbocycles. The van der Waals surface area contributed by atoms with E-state index in [0.29, 0.717) is 22.9 Å². The first kappa shape index (κ1) is 17.5. The third kappa shape index (κ3) is 3.27. The second kappa shape index (κ2) is 7.02. The van der Waals surface area contributed by atoms with Crippen molar-refractivity contribution in [1.29, 1.82) is 0 Å². The number of hydrogen-bond acceptors (Lipinski definition) is 4. The Morgan fingerprint density at radius 2 is 2.00 bits per heavy atom. The molecule has 1 fully saturated rings. The van der Waals surface area contributed by atoms with E-state index in [0.717, 1.165) is 43.1 Å². The summed E-state index contributed by atoms with van der Waals surface area (Å²) in [6, 6.07) is 10.2. The number of carbonyl (C=O) groups excluding carboxylic acids is 1. The molecule has 0 saturated carbocycles. The van der Waals surface area contributed by atoms with Crippen LogP contribution in [0, 0.1) is 26.7 Å². The van der Waals surface area contributed by atoms with Gasteiger partial charge in [0, 0.05) is 37.1 Å². The zero-order valence-electron chi connectivity index (χ0n) is 16.0. The maximum atomic E-state index is 12.9. The second-order valence-corrected chi connectivity index (χ2v) is 7.30. The third-order valence-corrected chi connectivity index (χ3v) is 5.35. The minimum Gasteiger partial charge on any atom is -0.361 e. The largest absolute Gasteiger partial charge is 0.361 e. The number of rotatable bonds is 4. The topological polar surface area (TPSA) is 64.2 Å². The number of likely N-dealkylation sites (tertiary alicyclic amines) is 1. The van der Waals surface area contributed by atoms with Crippen molar-refractivity contribution in [1.82, 2.24) is 19.6 Å². The monoisotopic (exact) mass is 364 g/mol. The van der Waals surface area contributed by atoms with E-state index in [2.05, 4.69) is 33.8 Å². The summed E-state index contributed by atoms with van der Waals surface area (Å²) in [6.45, 7) is 8.07. The van der Waals surface area contributed by atoms with Gasteiger partial charge in [0.1, 0.15) is 17.1 Å². The number of hydrogen-bond donors (Lipinski definition) is 0. The van der Waals surface area contributed by atoms with Crippen molar-refractivity contribution in [2.24, 2.45) is 5.92 Å². The first-order chi connectivity index (χ1) is 13.0. The molecule has 2 aromatic heterocycles. The highest BCUT2D eigenvalue weighted by atomic mass is 16.5. The first-order valence-corrected chi connectivity index (χ1v) is 9.34. The normalized spacial score (nSPS) is 16.9. The van der Waals surface area contributed by atoms with Gasteiger partial charge in [0.25, 0.3) is 5.91 Å². The molecule has 1 aromatic carbocycles. The molecule has 0 N–H and O–H groups in total. The number of imidazole rings is 1. The molecule has 0 bridgehead atoms. The average Bonchev–Trinajstić information content (AvgIpc) is 3.37. The summed E-state index contributed by atoms with van der Waals surface area (Å²) in [5.41, 5.74) is 3.54. The van der Waals surface area contributed by atoms with Crippen LogP contribution in [0.3, 0.4) is 0 Å². The quantitative estimate of drug-likeness (QED) is 0.709. The van der Waals surface area contributed by atoms with E-state index in [1.807, 2.05) is 36.2 Å². The third-order valence-electron chi connectivity index (χ3n) is 5.35. The fourth-order valence-electron chi connectivity index (χ4n) is 3.88. The van der Waals surface area contributed by atoms with E-state index >= 15 is 0 Å². The summed E-state index contributed by atoms with van der Waals surface area (Å²) in [7, 11) is 0. The molecule has 3 heterocycles. The highest BCUT2D eigenvalue weighted by Gasteiger charge is 2.31. The standard InChI is InChI=1S/C21H24N4O2/c1-14-11-22-20(18-7-5-4-6-8-18)25(14)13-17-9-10-24(12-17)21(26)19-15(2)23-27-16(19)3/h4-8,11,17H,9-10,12-13H2,1-3H3. The van der Waals surface area contributed by atoms with Gasteiger partial charge >= 0.3 is 0 Å². The van der Waals surface area contributed by atoms with Crippen molar-refractivity contribution in [3.63, 3.8) is 0 Å². The molecule has 0 radical (unpaired) electrons. The zero-order valence-corrected chi connectivity index (χ0v) is 16.0. The smallest absolute Gasteiger partial charge is 0.259 e. The lowest BCUT2D eigenvalue weighted by atomic mass is 10.1. The Morgan fingerprint density at radius 3 is 2.70 bits per heavy atom. The highest BCUT2D eigenvalue weighted by Crippen LogP contribution is 2.26. The summed E-state index contributed by atoms with van der Waals surface area (Å²) in [4.78, 5) is 19.4. The van der Waals surface area contributed by atoms with Gasteiger partial charge in [-0.3, -0.25) is 4.79 Å². The summed E-state index contributed by atoms with van der Waals surface area (Å²) >= 11 is 0. The highest BCUT2D eigenvalue weighted by molar-refractivity contribution is 5.96. The predicted octanol–water partition coefficient (Wildman–Crippen LogP) is 3.63. The van der Waals surface area contributed by atoms with E-state index in [9.17, 15) is 4.79 Å². The SMILES string of the molecule is Cc1noc(C)c1C(=O)N1CCC(Cn2c(C)cnc2-c2ccccc2)C1. The van der Waals surface area contributed by atoms with Crippen molar-refractivity contribution in [3.05, 3.63) is 59.2 Å². The van der Waals surface area contributed by atoms with E-state index < -0.39 is 0 Å². The predicted molar refractivity (Wildman–Crippen MR) is 102 cm³/mol. The van der Waals surface area contributed by atoms with Crippen LogP contribution in [0.25, 0.3) is 11.4 Å². The molecule has 1 saturated heterocycles. The number of aromatic nitrogens is 3. The molecule has 6 heteroatoms. The molecule has 1 aliphatic heterocycles. The van der Waals surface area contributed by atoms with Gasteiger partial charge in [-0.05, 0) is 33.1 Å². The van der Waals surface area contributed by atoms with E-state index in [1.165, 1.54) is 0 Å². The van der Waals surface area contributed by atoms with Crippen LogP contribution in [-0.2, 0) is 6.54 Å². The first-order valence-electron chi connectivity index (χ1n) is 9.34. The summed E-state index contributed by atoms with van der Waals surface area (Å²) in [5, 5.41) is 3.91. The van der Waals surface area contributed by atoms with Crippen LogP contribution in [0.5, 0.6) is 0 Å². The molecule has 0 spiro atoms. The van der Waals surface area contributed by atoms with Gasteiger partial charge in [0.15, 0.2) is 0 Å². The molecule has 6 nitrogen and oxygen atoms in total. The van der Waals surface area contributed by atoms with Crippen LogP contribution in [0.2, 0.25) is 0 Å². The van der Waals surface area contributed by atoms with Crippen molar-refractivity contribution in [2.75, 3.05) is 13.1 Å². The number of carbonyl (C=O) groups is 1. The minimum atomic E-state index is 0.0272. The molecule has 27 heavy (non-hydrogen) atoms. The lowest BCUT2D eigenvalue weighted by Crippen LogP contribution is -2.30. The van der Waals surface area contributed by atoms with Crippen molar-refractivity contribution in [2.45, 2.75) is 33.7 Å². The Hall–Kier alpha value is -2.89. The van der Waals surface area contributed by atoms with Crippen LogP contribution >= 0.6 is 0 Å². The van der Waals surface area contributed by atoms with Crippen LogP contribution in [0.4, 0.5) is 0 Å².